The molecule has 112 valence electrons. The van der Waals surface area contributed by atoms with Crippen LogP contribution >= 0.6 is 0 Å². The number of carbonyl (C=O) groups excluding carboxylic acids is 2. The van der Waals surface area contributed by atoms with Crippen molar-refractivity contribution in [3.05, 3.63) is 0 Å². The van der Waals surface area contributed by atoms with Crippen LogP contribution in [0.25, 0.3) is 0 Å². The third-order valence-electron chi connectivity index (χ3n) is 2.87. The van der Waals surface area contributed by atoms with Crippen LogP contribution in [-0.4, -0.2) is 52.8 Å². The van der Waals surface area contributed by atoms with Gasteiger partial charge in [0.2, 0.25) is 5.91 Å². The largest absolute Gasteiger partial charge is 0.444 e. The number of ether oxygens (including phenoxy) is 1. The predicted molar refractivity (Wildman–Crippen MR) is 70.6 cm³/mol. The number of hydrogen-bond acceptors (Lipinski definition) is 5. The molecular formula is C13H21N3O4. The molecule has 0 spiro atoms. The summed E-state index contributed by atoms with van der Waals surface area (Å²) in [6.45, 7) is 5.79. The van der Waals surface area contributed by atoms with E-state index >= 15 is 0 Å². The SMILES string of the molecule is CC(C)(C)OC(=O)N1CC(CCO)(NC(=O)CC#N)C1. The Hall–Kier alpha value is -1.81. The topological polar surface area (TPSA) is 103 Å². The summed E-state index contributed by atoms with van der Waals surface area (Å²) in [5.41, 5.74) is -1.23. The van der Waals surface area contributed by atoms with Crippen LogP contribution in [0.4, 0.5) is 4.79 Å². The highest BCUT2D eigenvalue weighted by Crippen LogP contribution is 2.26. The number of aliphatic hydroxyl groups excluding tert-OH is 1. The molecule has 1 aliphatic heterocycles. The Morgan fingerprint density at radius 3 is 2.50 bits per heavy atom. The normalized spacial score (nSPS) is 16.9. The van der Waals surface area contributed by atoms with Crippen LogP contribution in [0.5, 0.6) is 0 Å². The molecule has 1 heterocycles. The van der Waals surface area contributed by atoms with Crippen molar-refractivity contribution in [2.45, 2.75) is 44.8 Å². The van der Waals surface area contributed by atoms with E-state index in [1.54, 1.807) is 26.8 Å². The lowest BCUT2D eigenvalue weighted by Crippen LogP contribution is -2.71. The quantitative estimate of drug-likeness (QED) is 0.777. The monoisotopic (exact) mass is 283 g/mol. The zero-order valence-electron chi connectivity index (χ0n) is 12.1. The van der Waals surface area contributed by atoms with Crippen LogP contribution in [0.3, 0.4) is 0 Å². The molecule has 0 atom stereocenters. The van der Waals surface area contributed by atoms with Crippen LogP contribution in [0.2, 0.25) is 0 Å². The molecule has 7 heteroatoms. The van der Waals surface area contributed by atoms with Crippen molar-refractivity contribution >= 4 is 12.0 Å². The molecular weight excluding hydrogens is 262 g/mol. The number of hydrogen-bond donors (Lipinski definition) is 2. The Morgan fingerprint density at radius 1 is 1.45 bits per heavy atom. The van der Waals surface area contributed by atoms with Crippen molar-refractivity contribution in [2.24, 2.45) is 0 Å². The summed E-state index contributed by atoms with van der Waals surface area (Å²) < 4.78 is 5.23. The molecule has 1 rings (SSSR count). The van der Waals surface area contributed by atoms with Gasteiger partial charge in [-0.2, -0.15) is 5.26 Å². The van der Waals surface area contributed by atoms with Crippen molar-refractivity contribution in [1.82, 2.24) is 10.2 Å². The third-order valence-corrected chi connectivity index (χ3v) is 2.87. The number of rotatable bonds is 4. The lowest BCUT2D eigenvalue weighted by Gasteiger charge is -2.50. The second-order valence-electron chi connectivity index (χ2n) is 5.97. The van der Waals surface area contributed by atoms with E-state index in [-0.39, 0.29) is 26.1 Å². The summed E-state index contributed by atoms with van der Waals surface area (Å²) in [5, 5.41) is 20.3. The first-order valence-corrected chi connectivity index (χ1v) is 6.48. The molecule has 0 bridgehead atoms. The molecule has 20 heavy (non-hydrogen) atoms. The molecule has 0 aliphatic carbocycles. The Labute approximate surface area is 118 Å². The van der Waals surface area contributed by atoms with Gasteiger partial charge < -0.3 is 20.1 Å². The van der Waals surface area contributed by atoms with E-state index in [2.05, 4.69) is 5.32 Å². The van der Waals surface area contributed by atoms with E-state index in [1.165, 1.54) is 4.90 Å². The van der Waals surface area contributed by atoms with Crippen LogP contribution in [0, 0.1) is 11.3 Å². The highest BCUT2D eigenvalue weighted by Gasteiger charge is 2.47. The van der Waals surface area contributed by atoms with Crippen LogP contribution in [-0.2, 0) is 9.53 Å². The summed E-state index contributed by atoms with van der Waals surface area (Å²) in [7, 11) is 0. The van der Waals surface area contributed by atoms with Crippen LogP contribution in [0.1, 0.15) is 33.6 Å². The number of nitriles is 1. The van der Waals surface area contributed by atoms with Gasteiger partial charge in [0.1, 0.15) is 12.0 Å². The number of likely N-dealkylation sites (tertiary alicyclic amines) is 1. The molecule has 7 nitrogen and oxygen atoms in total. The minimum atomic E-state index is -0.653. The Bertz CT molecular complexity index is 416. The maximum Gasteiger partial charge on any atom is 0.410 e. The Morgan fingerprint density at radius 2 is 2.05 bits per heavy atom. The molecule has 0 aromatic carbocycles. The van der Waals surface area contributed by atoms with Crippen molar-refractivity contribution < 1.29 is 19.4 Å². The maximum absolute atomic E-state index is 11.8. The molecule has 0 unspecified atom stereocenters. The molecule has 0 saturated carbocycles. The summed E-state index contributed by atoms with van der Waals surface area (Å²) in [5.74, 6) is -0.398. The summed E-state index contributed by atoms with van der Waals surface area (Å²) in [6, 6.07) is 1.77. The number of nitrogens with one attached hydrogen (secondary N) is 1. The van der Waals surface area contributed by atoms with E-state index in [1.807, 2.05) is 0 Å². The molecule has 1 fully saturated rings. The average Bonchev–Trinajstić information content (AvgIpc) is 2.22. The van der Waals surface area contributed by atoms with Crippen molar-refractivity contribution in [3.8, 4) is 6.07 Å². The van der Waals surface area contributed by atoms with Crippen LogP contribution in [0.15, 0.2) is 0 Å². The van der Waals surface area contributed by atoms with Gasteiger partial charge in [-0.3, -0.25) is 4.79 Å². The van der Waals surface area contributed by atoms with E-state index in [0.29, 0.717) is 6.42 Å². The maximum atomic E-state index is 11.8. The van der Waals surface area contributed by atoms with Gasteiger partial charge in [-0.15, -0.1) is 0 Å². The number of carbonyl (C=O) groups is 2. The second-order valence-corrected chi connectivity index (χ2v) is 5.97. The molecule has 2 N–H and O–H groups in total. The van der Waals surface area contributed by atoms with Crippen molar-refractivity contribution in [2.75, 3.05) is 19.7 Å². The van der Waals surface area contributed by atoms with Gasteiger partial charge >= 0.3 is 6.09 Å². The smallest absolute Gasteiger partial charge is 0.410 e. The number of aliphatic hydroxyl groups is 1. The zero-order chi connectivity index (χ0) is 15.4. The fourth-order valence-electron chi connectivity index (χ4n) is 2.07. The van der Waals surface area contributed by atoms with Crippen molar-refractivity contribution in [3.63, 3.8) is 0 Å². The van der Waals surface area contributed by atoms with Gasteiger partial charge in [-0.25, -0.2) is 4.79 Å². The van der Waals surface area contributed by atoms with Gasteiger partial charge in [0.25, 0.3) is 0 Å². The van der Waals surface area contributed by atoms with Gasteiger partial charge in [0.15, 0.2) is 0 Å². The fourth-order valence-corrected chi connectivity index (χ4v) is 2.07. The first-order chi connectivity index (χ1) is 9.21. The van der Waals surface area contributed by atoms with E-state index < -0.39 is 23.1 Å². The molecule has 0 radical (unpaired) electrons. The van der Waals surface area contributed by atoms with Gasteiger partial charge in [0.05, 0.1) is 11.6 Å². The van der Waals surface area contributed by atoms with E-state index in [9.17, 15) is 9.59 Å². The third kappa shape index (κ3) is 4.38. The summed E-state index contributed by atoms with van der Waals surface area (Å²) in [6.07, 6.45) is -0.344. The standard InChI is InChI=1S/C13H21N3O4/c1-12(2,3)20-11(19)16-8-13(9-16,5-7-17)15-10(18)4-6-14/h17H,4-5,7-9H2,1-3H3,(H,15,18). The lowest BCUT2D eigenvalue weighted by molar-refractivity contribution is -0.125. The highest BCUT2D eigenvalue weighted by molar-refractivity contribution is 5.79. The number of nitrogens with zero attached hydrogens (tertiary/aromatic N) is 2. The fraction of sp³-hybridized carbons (Fsp3) is 0.769. The van der Waals surface area contributed by atoms with Gasteiger partial charge in [-0.1, -0.05) is 0 Å². The average molecular weight is 283 g/mol. The molecule has 2 amide bonds. The Balaban J connectivity index is 2.56. The first-order valence-electron chi connectivity index (χ1n) is 6.48. The minimum absolute atomic E-state index is 0.102. The molecule has 1 aliphatic rings. The minimum Gasteiger partial charge on any atom is -0.444 e. The second kappa shape index (κ2) is 6.09. The van der Waals surface area contributed by atoms with Gasteiger partial charge in [-0.05, 0) is 27.2 Å². The van der Waals surface area contributed by atoms with E-state index in [4.69, 9.17) is 15.1 Å². The zero-order valence-corrected chi connectivity index (χ0v) is 12.1. The Kier molecular flexibility index (Phi) is 4.95. The van der Waals surface area contributed by atoms with Crippen molar-refractivity contribution in [1.29, 1.82) is 5.26 Å². The van der Waals surface area contributed by atoms with Gasteiger partial charge in [0, 0.05) is 19.7 Å². The highest BCUT2D eigenvalue weighted by atomic mass is 16.6. The lowest BCUT2D eigenvalue weighted by atomic mass is 9.86. The summed E-state index contributed by atoms with van der Waals surface area (Å²) >= 11 is 0. The molecule has 1 saturated heterocycles. The molecule has 0 aromatic rings. The number of amides is 2. The van der Waals surface area contributed by atoms with E-state index in [0.717, 1.165) is 0 Å². The predicted octanol–water partition coefficient (Wildman–Crippen LogP) is 0.388. The van der Waals surface area contributed by atoms with Crippen LogP contribution < -0.4 is 5.32 Å². The first kappa shape index (κ1) is 16.2. The summed E-state index contributed by atoms with van der Waals surface area (Å²) in [4.78, 5) is 24.8. The molecule has 0 aromatic heterocycles.